The van der Waals surface area contributed by atoms with Gasteiger partial charge in [-0.1, -0.05) is 13.8 Å². The van der Waals surface area contributed by atoms with E-state index in [4.69, 9.17) is 9.47 Å². The maximum Gasteiger partial charge on any atom is 0.226 e. The standard InChI is InChI=1S/C17H22N2O3S/c1-11(2)9-18-16(20)8-13-10-23-17(19-13)12-5-6-14(21-3)15(7-12)22-4/h5-7,10-11H,8-9H2,1-4H3,(H,18,20). The fourth-order valence-electron chi connectivity index (χ4n) is 2.03. The topological polar surface area (TPSA) is 60.5 Å². The van der Waals surface area contributed by atoms with Crippen molar-refractivity contribution in [3.05, 3.63) is 29.3 Å². The maximum atomic E-state index is 11.9. The molecule has 1 N–H and O–H groups in total. The summed E-state index contributed by atoms with van der Waals surface area (Å²) in [6.07, 6.45) is 0.302. The highest BCUT2D eigenvalue weighted by Gasteiger charge is 2.11. The zero-order valence-corrected chi connectivity index (χ0v) is 14.7. The number of ether oxygens (including phenoxy) is 2. The van der Waals surface area contributed by atoms with Crippen LogP contribution in [0.3, 0.4) is 0 Å². The van der Waals surface area contributed by atoms with E-state index in [9.17, 15) is 4.79 Å². The number of nitrogens with one attached hydrogen (secondary N) is 1. The number of hydrogen-bond acceptors (Lipinski definition) is 5. The molecule has 0 fully saturated rings. The third kappa shape index (κ3) is 4.69. The second kappa shape index (κ2) is 7.97. The molecular formula is C17H22N2O3S. The molecule has 1 aromatic heterocycles. The summed E-state index contributed by atoms with van der Waals surface area (Å²) in [6.45, 7) is 4.82. The molecule has 1 aromatic carbocycles. The highest BCUT2D eigenvalue weighted by molar-refractivity contribution is 7.13. The zero-order valence-electron chi connectivity index (χ0n) is 13.9. The molecule has 0 atom stereocenters. The third-order valence-electron chi connectivity index (χ3n) is 3.23. The molecule has 0 aliphatic heterocycles. The molecule has 0 bridgehead atoms. The van der Waals surface area contributed by atoms with Crippen LogP contribution >= 0.6 is 11.3 Å². The summed E-state index contributed by atoms with van der Waals surface area (Å²) in [7, 11) is 3.21. The molecule has 0 spiro atoms. The van der Waals surface area contributed by atoms with Crippen LogP contribution in [0.2, 0.25) is 0 Å². The van der Waals surface area contributed by atoms with Gasteiger partial charge < -0.3 is 14.8 Å². The van der Waals surface area contributed by atoms with E-state index in [1.807, 2.05) is 23.6 Å². The Morgan fingerprint density at radius 3 is 2.65 bits per heavy atom. The summed E-state index contributed by atoms with van der Waals surface area (Å²) in [4.78, 5) is 16.4. The number of aromatic nitrogens is 1. The highest BCUT2D eigenvalue weighted by atomic mass is 32.1. The first-order valence-electron chi connectivity index (χ1n) is 7.47. The van der Waals surface area contributed by atoms with Crippen molar-refractivity contribution in [1.29, 1.82) is 0 Å². The van der Waals surface area contributed by atoms with E-state index in [-0.39, 0.29) is 5.91 Å². The minimum atomic E-state index is 0.00265. The number of carbonyl (C=O) groups is 1. The van der Waals surface area contributed by atoms with E-state index >= 15 is 0 Å². The van der Waals surface area contributed by atoms with Gasteiger partial charge >= 0.3 is 0 Å². The normalized spacial score (nSPS) is 10.7. The van der Waals surface area contributed by atoms with Crippen molar-refractivity contribution in [2.45, 2.75) is 20.3 Å². The Hall–Kier alpha value is -2.08. The average Bonchev–Trinajstić information content (AvgIpc) is 3.00. The van der Waals surface area contributed by atoms with E-state index in [2.05, 4.69) is 24.1 Å². The molecule has 5 nitrogen and oxygen atoms in total. The number of methoxy groups -OCH3 is 2. The lowest BCUT2D eigenvalue weighted by Crippen LogP contribution is -2.28. The van der Waals surface area contributed by atoms with Gasteiger partial charge in [0.15, 0.2) is 11.5 Å². The SMILES string of the molecule is COc1ccc(-c2nc(CC(=O)NCC(C)C)cs2)cc1OC. The van der Waals surface area contributed by atoms with Crippen LogP contribution in [-0.4, -0.2) is 31.7 Å². The van der Waals surface area contributed by atoms with E-state index in [1.165, 1.54) is 11.3 Å². The van der Waals surface area contributed by atoms with E-state index in [0.29, 0.717) is 30.4 Å². The monoisotopic (exact) mass is 334 g/mol. The minimum absolute atomic E-state index is 0.00265. The summed E-state index contributed by atoms with van der Waals surface area (Å²) in [5.41, 5.74) is 1.72. The summed E-state index contributed by atoms with van der Waals surface area (Å²) in [5.74, 6) is 1.79. The molecule has 0 saturated heterocycles. The van der Waals surface area contributed by atoms with Crippen LogP contribution in [0.5, 0.6) is 11.5 Å². The lowest BCUT2D eigenvalue weighted by atomic mass is 10.2. The molecule has 0 radical (unpaired) electrons. The lowest BCUT2D eigenvalue weighted by molar-refractivity contribution is -0.120. The smallest absolute Gasteiger partial charge is 0.226 e. The Balaban J connectivity index is 2.08. The van der Waals surface area contributed by atoms with Crippen molar-refractivity contribution in [2.24, 2.45) is 5.92 Å². The Morgan fingerprint density at radius 2 is 2.00 bits per heavy atom. The van der Waals surface area contributed by atoms with Crippen molar-refractivity contribution < 1.29 is 14.3 Å². The average molecular weight is 334 g/mol. The predicted octanol–water partition coefficient (Wildman–Crippen LogP) is 3.14. The van der Waals surface area contributed by atoms with Crippen LogP contribution in [0.25, 0.3) is 10.6 Å². The summed E-state index contributed by atoms with van der Waals surface area (Å²) in [5, 5.41) is 5.68. The van der Waals surface area contributed by atoms with Gasteiger partial charge in [-0.15, -0.1) is 11.3 Å². The van der Waals surface area contributed by atoms with Gasteiger partial charge in [-0.3, -0.25) is 4.79 Å². The predicted molar refractivity (Wildman–Crippen MR) is 92.2 cm³/mol. The number of amides is 1. The number of thiazole rings is 1. The Morgan fingerprint density at radius 1 is 1.26 bits per heavy atom. The molecule has 0 aliphatic carbocycles. The molecule has 1 heterocycles. The molecule has 0 unspecified atom stereocenters. The van der Waals surface area contributed by atoms with Crippen molar-refractivity contribution in [2.75, 3.05) is 20.8 Å². The van der Waals surface area contributed by atoms with E-state index in [0.717, 1.165) is 16.3 Å². The fourth-order valence-corrected chi connectivity index (χ4v) is 2.85. The van der Waals surface area contributed by atoms with Gasteiger partial charge in [-0.05, 0) is 24.1 Å². The molecule has 2 rings (SSSR count). The molecule has 0 aliphatic rings. The number of carbonyl (C=O) groups excluding carboxylic acids is 1. The van der Waals surface area contributed by atoms with Crippen molar-refractivity contribution in [1.82, 2.24) is 10.3 Å². The molecule has 23 heavy (non-hydrogen) atoms. The van der Waals surface area contributed by atoms with Crippen LogP contribution < -0.4 is 14.8 Å². The summed E-state index contributed by atoms with van der Waals surface area (Å²) >= 11 is 1.51. The summed E-state index contributed by atoms with van der Waals surface area (Å²) in [6, 6.07) is 5.67. The second-order valence-electron chi connectivity index (χ2n) is 5.59. The molecule has 0 saturated carbocycles. The number of rotatable bonds is 7. The van der Waals surface area contributed by atoms with Gasteiger partial charge in [0.25, 0.3) is 0 Å². The van der Waals surface area contributed by atoms with Gasteiger partial charge in [0.2, 0.25) is 5.91 Å². The molecule has 124 valence electrons. The van der Waals surface area contributed by atoms with Crippen LogP contribution in [-0.2, 0) is 11.2 Å². The minimum Gasteiger partial charge on any atom is -0.493 e. The molecule has 2 aromatic rings. The van der Waals surface area contributed by atoms with Crippen molar-refractivity contribution in [3.63, 3.8) is 0 Å². The van der Waals surface area contributed by atoms with E-state index < -0.39 is 0 Å². The van der Waals surface area contributed by atoms with Crippen LogP contribution in [0.1, 0.15) is 19.5 Å². The van der Waals surface area contributed by atoms with Crippen LogP contribution in [0.15, 0.2) is 23.6 Å². The second-order valence-corrected chi connectivity index (χ2v) is 6.45. The number of nitrogens with zero attached hydrogens (tertiary/aromatic N) is 1. The van der Waals surface area contributed by atoms with E-state index in [1.54, 1.807) is 14.2 Å². The molecule has 6 heteroatoms. The number of benzene rings is 1. The van der Waals surface area contributed by atoms with Gasteiger partial charge in [0.1, 0.15) is 5.01 Å². The van der Waals surface area contributed by atoms with Crippen molar-refractivity contribution >= 4 is 17.2 Å². The van der Waals surface area contributed by atoms with Crippen LogP contribution in [0, 0.1) is 5.92 Å². The first kappa shape index (κ1) is 17.3. The molecular weight excluding hydrogens is 312 g/mol. The van der Waals surface area contributed by atoms with Gasteiger partial charge in [0.05, 0.1) is 26.3 Å². The first-order chi connectivity index (χ1) is 11.0. The van der Waals surface area contributed by atoms with Crippen LogP contribution in [0.4, 0.5) is 0 Å². The van der Waals surface area contributed by atoms with Crippen molar-refractivity contribution in [3.8, 4) is 22.1 Å². The summed E-state index contributed by atoms with van der Waals surface area (Å²) < 4.78 is 10.5. The number of hydrogen-bond donors (Lipinski definition) is 1. The quantitative estimate of drug-likeness (QED) is 0.845. The fraction of sp³-hybridized carbons (Fsp3) is 0.412. The Bertz CT molecular complexity index is 668. The van der Waals surface area contributed by atoms with Gasteiger partial charge in [0, 0.05) is 17.5 Å². The van der Waals surface area contributed by atoms with Gasteiger partial charge in [-0.2, -0.15) is 0 Å². The largest absolute Gasteiger partial charge is 0.493 e. The Kier molecular flexibility index (Phi) is 5.98. The Labute approximate surface area is 140 Å². The third-order valence-corrected chi connectivity index (χ3v) is 4.17. The highest BCUT2D eigenvalue weighted by Crippen LogP contribution is 2.33. The maximum absolute atomic E-state index is 11.9. The zero-order chi connectivity index (χ0) is 16.8. The molecule has 1 amide bonds. The lowest BCUT2D eigenvalue weighted by Gasteiger charge is -2.08. The first-order valence-corrected chi connectivity index (χ1v) is 8.35. The van der Waals surface area contributed by atoms with Gasteiger partial charge in [-0.25, -0.2) is 4.98 Å².